The molecule has 1 amide bonds. The standard InChI is InChI=1S/C9H18N2O3/c1-10(2)8(12)14-9(13)4-6-11(3)7-5-9/h13H,4-7H2,1-3H3. The number of rotatable bonds is 1. The van der Waals surface area contributed by atoms with Crippen LogP contribution in [0.3, 0.4) is 0 Å². The van der Waals surface area contributed by atoms with Gasteiger partial charge in [0.25, 0.3) is 0 Å². The van der Waals surface area contributed by atoms with Crippen molar-refractivity contribution in [2.45, 2.75) is 18.6 Å². The molecule has 1 rings (SSSR count). The minimum atomic E-state index is -1.27. The molecule has 0 spiro atoms. The smallest absolute Gasteiger partial charge is 0.411 e. The van der Waals surface area contributed by atoms with Gasteiger partial charge in [-0.3, -0.25) is 0 Å². The van der Waals surface area contributed by atoms with Gasteiger partial charge in [-0.1, -0.05) is 0 Å². The summed E-state index contributed by atoms with van der Waals surface area (Å²) in [5, 5.41) is 9.91. The van der Waals surface area contributed by atoms with Gasteiger partial charge in [-0.15, -0.1) is 0 Å². The third-order valence-electron chi connectivity index (χ3n) is 2.41. The van der Waals surface area contributed by atoms with Crippen molar-refractivity contribution in [2.75, 3.05) is 34.2 Å². The fraction of sp³-hybridized carbons (Fsp3) is 0.889. The first-order chi connectivity index (χ1) is 6.43. The highest BCUT2D eigenvalue weighted by Crippen LogP contribution is 2.23. The summed E-state index contributed by atoms with van der Waals surface area (Å²) in [6, 6.07) is 0. The van der Waals surface area contributed by atoms with Gasteiger partial charge in [0.05, 0.1) is 0 Å². The summed E-state index contributed by atoms with van der Waals surface area (Å²) >= 11 is 0. The molecule has 82 valence electrons. The average molecular weight is 202 g/mol. The lowest BCUT2D eigenvalue weighted by molar-refractivity contribution is -0.191. The molecule has 0 aromatic carbocycles. The fourth-order valence-electron chi connectivity index (χ4n) is 1.32. The average Bonchev–Trinajstić information content (AvgIpc) is 2.10. The van der Waals surface area contributed by atoms with Crippen LogP contribution in [-0.2, 0) is 4.74 Å². The van der Waals surface area contributed by atoms with E-state index in [0.29, 0.717) is 12.8 Å². The molecular weight excluding hydrogens is 184 g/mol. The SMILES string of the molecule is CN1CCC(O)(OC(=O)N(C)C)CC1. The predicted molar refractivity (Wildman–Crippen MR) is 51.8 cm³/mol. The van der Waals surface area contributed by atoms with E-state index in [4.69, 9.17) is 4.74 Å². The number of aliphatic hydroxyl groups is 1. The molecule has 1 N–H and O–H groups in total. The Labute approximate surface area is 84.2 Å². The Kier molecular flexibility index (Phi) is 3.34. The molecule has 1 heterocycles. The van der Waals surface area contributed by atoms with Crippen molar-refractivity contribution in [3.8, 4) is 0 Å². The molecule has 0 aliphatic carbocycles. The number of likely N-dealkylation sites (tertiary alicyclic amines) is 1. The van der Waals surface area contributed by atoms with Crippen molar-refractivity contribution < 1.29 is 14.6 Å². The summed E-state index contributed by atoms with van der Waals surface area (Å²) in [5.74, 6) is -1.27. The van der Waals surface area contributed by atoms with Crippen molar-refractivity contribution in [2.24, 2.45) is 0 Å². The van der Waals surface area contributed by atoms with Gasteiger partial charge in [-0.2, -0.15) is 0 Å². The highest BCUT2D eigenvalue weighted by molar-refractivity contribution is 5.67. The third-order valence-corrected chi connectivity index (χ3v) is 2.41. The molecule has 0 bridgehead atoms. The molecule has 5 nitrogen and oxygen atoms in total. The van der Waals surface area contributed by atoms with Crippen LogP contribution in [0.2, 0.25) is 0 Å². The van der Waals surface area contributed by atoms with Gasteiger partial charge in [-0.05, 0) is 7.05 Å². The first-order valence-corrected chi connectivity index (χ1v) is 4.74. The summed E-state index contributed by atoms with van der Waals surface area (Å²) in [7, 11) is 5.18. The number of hydrogen-bond donors (Lipinski definition) is 1. The Morgan fingerprint density at radius 2 is 1.93 bits per heavy atom. The van der Waals surface area contributed by atoms with E-state index >= 15 is 0 Å². The van der Waals surface area contributed by atoms with Crippen molar-refractivity contribution in [1.82, 2.24) is 9.80 Å². The Bertz CT molecular complexity index is 210. The molecule has 0 aromatic heterocycles. The first-order valence-electron chi connectivity index (χ1n) is 4.74. The van der Waals surface area contributed by atoms with E-state index in [2.05, 4.69) is 4.90 Å². The zero-order valence-electron chi connectivity index (χ0n) is 8.99. The van der Waals surface area contributed by atoms with Gasteiger partial charge >= 0.3 is 6.09 Å². The van der Waals surface area contributed by atoms with E-state index in [1.807, 2.05) is 7.05 Å². The lowest BCUT2D eigenvalue weighted by Crippen LogP contribution is -2.47. The number of ether oxygens (including phenoxy) is 1. The van der Waals surface area contributed by atoms with Crippen molar-refractivity contribution >= 4 is 6.09 Å². The maximum atomic E-state index is 11.2. The van der Waals surface area contributed by atoms with E-state index in [1.54, 1.807) is 14.1 Å². The quantitative estimate of drug-likeness (QED) is 0.613. The summed E-state index contributed by atoms with van der Waals surface area (Å²) in [6.07, 6.45) is 0.462. The Morgan fingerprint density at radius 3 is 2.36 bits per heavy atom. The summed E-state index contributed by atoms with van der Waals surface area (Å²) < 4.78 is 5.00. The van der Waals surface area contributed by atoms with E-state index < -0.39 is 11.9 Å². The maximum Gasteiger partial charge on any atom is 0.411 e. The summed E-state index contributed by atoms with van der Waals surface area (Å²) in [6.45, 7) is 1.49. The van der Waals surface area contributed by atoms with Crippen LogP contribution >= 0.6 is 0 Å². The van der Waals surface area contributed by atoms with E-state index in [9.17, 15) is 9.90 Å². The normalized spacial score (nSPS) is 21.7. The highest BCUT2D eigenvalue weighted by atomic mass is 16.7. The van der Waals surface area contributed by atoms with Crippen LogP contribution in [-0.4, -0.2) is 61.0 Å². The zero-order chi connectivity index (χ0) is 10.8. The maximum absolute atomic E-state index is 11.2. The van der Waals surface area contributed by atoms with Gasteiger partial charge in [0.2, 0.25) is 5.79 Å². The predicted octanol–water partition coefficient (Wildman–Crippen LogP) is 0.0988. The Hall–Kier alpha value is -0.810. The third kappa shape index (κ3) is 2.85. The van der Waals surface area contributed by atoms with E-state index in [1.165, 1.54) is 4.90 Å². The minimum absolute atomic E-state index is 0.475. The molecule has 1 saturated heterocycles. The Balaban J connectivity index is 2.46. The molecule has 0 aromatic rings. The van der Waals surface area contributed by atoms with Crippen LogP contribution in [0.1, 0.15) is 12.8 Å². The second-order valence-corrected chi connectivity index (χ2v) is 4.01. The zero-order valence-corrected chi connectivity index (χ0v) is 8.99. The van der Waals surface area contributed by atoms with E-state index in [0.717, 1.165) is 13.1 Å². The van der Waals surface area contributed by atoms with Crippen LogP contribution in [0, 0.1) is 0 Å². The molecular formula is C9H18N2O3. The first kappa shape index (κ1) is 11.3. The number of amides is 1. The van der Waals surface area contributed by atoms with Crippen LogP contribution in [0.15, 0.2) is 0 Å². The van der Waals surface area contributed by atoms with Gasteiger partial charge in [0.1, 0.15) is 0 Å². The number of nitrogens with zero attached hydrogens (tertiary/aromatic N) is 2. The fourth-order valence-corrected chi connectivity index (χ4v) is 1.32. The van der Waals surface area contributed by atoms with Gasteiger partial charge < -0.3 is 19.6 Å². The van der Waals surface area contributed by atoms with Crippen molar-refractivity contribution in [1.29, 1.82) is 0 Å². The Morgan fingerprint density at radius 1 is 1.43 bits per heavy atom. The summed E-state index contributed by atoms with van der Waals surface area (Å²) in [4.78, 5) is 14.6. The van der Waals surface area contributed by atoms with Gasteiger partial charge in [0.15, 0.2) is 0 Å². The number of piperidine rings is 1. The lowest BCUT2D eigenvalue weighted by Gasteiger charge is -2.36. The largest absolute Gasteiger partial charge is 0.417 e. The van der Waals surface area contributed by atoms with Crippen LogP contribution in [0.5, 0.6) is 0 Å². The number of carbonyl (C=O) groups excluding carboxylic acids is 1. The number of hydrogen-bond acceptors (Lipinski definition) is 4. The van der Waals surface area contributed by atoms with Crippen LogP contribution < -0.4 is 0 Å². The second-order valence-electron chi connectivity index (χ2n) is 4.01. The molecule has 1 fully saturated rings. The van der Waals surface area contributed by atoms with Gasteiger partial charge in [-0.25, -0.2) is 4.79 Å². The summed E-state index contributed by atoms with van der Waals surface area (Å²) in [5.41, 5.74) is 0. The van der Waals surface area contributed by atoms with Crippen LogP contribution in [0.4, 0.5) is 4.79 Å². The molecule has 5 heteroatoms. The molecule has 0 saturated carbocycles. The molecule has 1 aliphatic heterocycles. The molecule has 0 atom stereocenters. The van der Waals surface area contributed by atoms with Crippen molar-refractivity contribution in [3.05, 3.63) is 0 Å². The molecule has 0 unspecified atom stereocenters. The minimum Gasteiger partial charge on any atom is -0.417 e. The molecule has 0 radical (unpaired) electrons. The van der Waals surface area contributed by atoms with Crippen molar-refractivity contribution in [3.63, 3.8) is 0 Å². The topological polar surface area (TPSA) is 53.0 Å². The van der Waals surface area contributed by atoms with E-state index in [-0.39, 0.29) is 0 Å². The van der Waals surface area contributed by atoms with Gasteiger partial charge in [0, 0.05) is 40.0 Å². The second kappa shape index (κ2) is 4.14. The highest BCUT2D eigenvalue weighted by Gasteiger charge is 2.35. The lowest BCUT2D eigenvalue weighted by atomic mass is 10.0. The van der Waals surface area contributed by atoms with Crippen LogP contribution in [0.25, 0.3) is 0 Å². The number of carbonyl (C=O) groups is 1. The molecule has 14 heavy (non-hydrogen) atoms. The monoisotopic (exact) mass is 202 g/mol. The molecule has 1 aliphatic rings.